The van der Waals surface area contributed by atoms with Crippen LogP contribution in [0.3, 0.4) is 0 Å². The Labute approximate surface area is 156 Å². The molecule has 0 unspecified atom stereocenters. The Kier molecular flexibility index (Phi) is 5.61. The molecule has 7 heteroatoms. The predicted molar refractivity (Wildman–Crippen MR) is 102 cm³/mol. The summed E-state index contributed by atoms with van der Waals surface area (Å²) in [7, 11) is 1.57. The first kappa shape index (κ1) is 18.3. The van der Waals surface area contributed by atoms with E-state index in [9.17, 15) is 9.59 Å². The fourth-order valence-corrected chi connectivity index (χ4v) is 2.57. The Bertz CT molecular complexity index is 892. The third-order valence-electron chi connectivity index (χ3n) is 3.80. The summed E-state index contributed by atoms with van der Waals surface area (Å²) in [6.45, 7) is 2.41. The smallest absolute Gasteiger partial charge is 0.262 e. The van der Waals surface area contributed by atoms with Crippen LogP contribution in [0.1, 0.15) is 12.5 Å². The number of fused-ring (bicyclic) bond motifs is 1. The van der Waals surface area contributed by atoms with Crippen molar-refractivity contribution in [3.8, 4) is 17.2 Å². The molecule has 2 amide bonds. The molecule has 1 aliphatic rings. The highest BCUT2D eigenvalue weighted by molar-refractivity contribution is 6.02. The van der Waals surface area contributed by atoms with Gasteiger partial charge in [0.25, 0.3) is 5.91 Å². The quantitative estimate of drug-likeness (QED) is 0.766. The zero-order chi connectivity index (χ0) is 19.2. The Morgan fingerprint density at radius 3 is 2.89 bits per heavy atom. The summed E-state index contributed by atoms with van der Waals surface area (Å²) in [4.78, 5) is 23.4. The van der Waals surface area contributed by atoms with Crippen LogP contribution in [0.5, 0.6) is 17.2 Å². The first-order valence-corrected chi connectivity index (χ1v) is 8.45. The lowest BCUT2D eigenvalue weighted by atomic mass is 10.2. The molecule has 0 aliphatic carbocycles. The summed E-state index contributed by atoms with van der Waals surface area (Å²) in [5, 5.41) is 5.46. The molecular formula is C20H20N2O5. The van der Waals surface area contributed by atoms with Crippen molar-refractivity contribution in [2.75, 3.05) is 31.0 Å². The molecule has 0 atom stereocenters. The van der Waals surface area contributed by atoms with Gasteiger partial charge in [0.15, 0.2) is 18.1 Å². The fourth-order valence-electron chi connectivity index (χ4n) is 2.57. The normalized spacial score (nSPS) is 12.7. The van der Waals surface area contributed by atoms with Crippen LogP contribution in [-0.2, 0) is 9.59 Å². The van der Waals surface area contributed by atoms with E-state index in [0.29, 0.717) is 35.2 Å². The predicted octanol–water partition coefficient (Wildman–Crippen LogP) is 3.08. The largest absolute Gasteiger partial charge is 0.493 e. The minimum absolute atomic E-state index is 0.0378. The number of carbonyl (C=O) groups is 2. The van der Waals surface area contributed by atoms with Crippen molar-refractivity contribution in [2.45, 2.75) is 6.92 Å². The standard InChI is InChI=1S/C20H20N2O5/c1-3-26-16-8-4-13(10-18(16)25-2)5-9-19(23)21-14-6-7-15-17(11-14)27-12-20(24)22-15/h4-11H,3,12H2,1-2H3,(H,21,23)(H,22,24)/b9-5+. The summed E-state index contributed by atoms with van der Waals surface area (Å²) >= 11 is 0. The lowest BCUT2D eigenvalue weighted by molar-refractivity contribution is -0.118. The van der Waals surface area contributed by atoms with Crippen molar-refractivity contribution in [2.24, 2.45) is 0 Å². The second-order valence-electron chi connectivity index (χ2n) is 5.71. The zero-order valence-electron chi connectivity index (χ0n) is 15.1. The number of anilines is 2. The van der Waals surface area contributed by atoms with E-state index in [1.807, 2.05) is 13.0 Å². The van der Waals surface area contributed by atoms with Crippen molar-refractivity contribution in [1.82, 2.24) is 0 Å². The summed E-state index contributed by atoms with van der Waals surface area (Å²) in [5.74, 6) is 1.29. The number of nitrogens with one attached hydrogen (secondary N) is 2. The number of amides is 2. The first-order chi connectivity index (χ1) is 13.1. The monoisotopic (exact) mass is 368 g/mol. The Morgan fingerprint density at radius 2 is 2.11 bits per heavy atom. The molecule has 0 fully saturated rings. The van der Waals surface area contributed by atoms with Crippen LogP contribution in [0, 0.1) is 0 Å². The van der Waals surface area contributed by atoms with Crippen LogP contribution in [0.25, 0.3) is 6.08 Å². The number of rotatable bonds is 6. The lowest BCUT2D eigenvalue weighted by Gasteiger charge is -2.18. The van der Waals surface area contributed by atoms with Crippen LogP contribution < -0.4 is 24.8 Å². The molecule has 2 N–H and O–H groups in total. The molecule has 2 aromatic rings. The highest BCUT2D eigenvalue weighted by Gasteiger charge is 2.16. The van der Waals surface area contributed by atoms with Gasteiger partial charge in [0.2, 0.25) is 5.91 Å². The summed E-state index contributed by atoms with van der Waals surface area (Å²) in [6, 6.07) is 10.5. The highest BCUT2D eigenvalue weighted by atomic mass is 16.5. The first-order valence-electron chi connectivity index (χ1n) is 8.45. The van der Waals surface area contributed by atoms with Crippen LogP contribution in [0.4, 0.5) is 11.4 Å². The molecular weight excluding hydrogens is 348 g/mol. The van der Waals surface area contributed by atoms with E-state index >= 15 is 0 Å². The number of carbonyl (C=O) groups excluding carboxylic acids is 2. The number of methoxy groups -OCH3 is 1. The summed E-state index contributed by atoms with van der Waals surface area (Å²) in [5.41, 5.74) is 1.96. The van der Waals surface area contributed by atoms with Gasteiger partial charge in [-0.1, -0.05) is 6.07 Å². The van der Waals surface area contributed by atoms with Crippen molar-refractivity contribution in [3.63, 3.8) is 0 Å². The van der Waals surface area contributed by atoms with Crippen LogP contribution in [0.15, 0.2) is 42.5 Å². The maximum absolute atomic E-state index is 12.2. The number of benzene rings is 2. The van der Waals surface area contributed by atoms with E-state index in [1.165, 1.54) is 6.08 Å². The van der Waals surface area contributed by atoms with Gasteiger partial charge < -0.3 is 24.8 Å². The molecule has 27 heavy (non-hydrogen) atoms. The number of hydrogen-bond acceptors (Lipinski definition) is 5. The van der Waals surface area contributed by atoms with E-state index in [0.717, 1.165) is 5.56 Å². The molecule has 0 radical (unpaired) electrons. The minimum Gasteiger partial charge on any atom is -0.493 e. The molecule has 0 bridgehead atoms. The maximum Gasteiger partial charge on any atom is 0.262 e. The molecule has 2 aromatic carbocycles. The molecule has 0 saturated carbocycles. The van der Waals surface area contributed by atoms with Gasteiger partial charge in [0, 0.05) is 17.8 Å². The van der Waals surface area contributed by atoms with E-state index < -0.39 is 0 Å². The molecule has 7 nitrogen and oxygen atoms in total. The molecule has 3 rings (SSSR count). The molecule has 1 heterocycles. The lowest BCUT2D eigenvalue weighted by Crippen LogP contribution is -2.25. The van der Waals surface area contributed by atoms with Gasteiger partial charge in [0.1, 0.15) is 5.75 Å². The highest BCUT2D eigenvalue weighted by Crippen LogP contribution is 2.31. The SMILES string of the molecule is CCOc1ccc(/C=C/C(=O)Nc2ccc3c(c2)OCC(=O)N3)cc1OC. The van der Waals surface area contributed by atoms with Gasteiger partial charge in [-0.05, 0) is 42.8 Å². The molecule has 1 aliphatic heterocycles. The zero-order valence-corrected chi connectivity index (χ0v) is 15.1. The third kappa shape index (κ3) is 4.58. The third-order valence-corrected chi connectivity index (χ3v) is 3.80. The van der Waals surface area contributed by atoms with Gasteiger partial charge in [0.05, 0.1) is 19.4 Å². The van der Waals surface area contributed by atoms with Gasteiger partial charge in [-0.25, -0.2) is 0 Å². The number of ether oxygens (including phenoxy) is 3. The Morgan fingerprint density at radius 1 is 1.26 bits per heavy atom. The van der Waals surface area contributed by atoms with E-state index in [1.54, 1.807) is 43.5 Å². The summed E-state index contributed by atoms with van der Waals surface area (Å²) < 4.78 is 16.1. The van der Waals surface area contributed by atoms with Crippen molar-refractivity contribution < 1.29 is 23.8 Å². The van der Waals surface area contributed by atoms with E-state index in [2.05, 4.69) is 10.6 Å². The topological polar surface area (TPSA) is 85.9 Å². The van der Waals surface area contributed by atoms with Gasteiger partial charge >= 0.3 is 0 Å². The average Bonchev–Trinajstić information content (AvgIpc) is 2.67. The van der Waals surface area contributed by atoms with Crippen molar-refractivity contribution >= 4 is 29.3 Å². The van der Waals surface area contributed by atoms with Crippen molar-refractivity contribution in [1.29, 1.82) is 0 Å². The minimum atomic E-state index is -0.289. The molecule has 140 valence electrons. The molecule has 0 aromatic heterocycles. The van der Waals surface area contributed by atoms with Crippen LogP contribution >= 0.6 is 0 Å². The second-order valence-corrected chi connectivity index (χ2v) is 5.71. The van der Waals surface area contributed by atoms with Crippen LogP contribution in [0.2, 0.25) is 0 Å². The van der Waals surface area contributed by atoms with Crippen molar-refractivity contribution in [3.05, 3.63) is 48.0 Å². The summed E-state index contributed by atoms with van der Waals surface area (Å²) in [6.07, 6.45) is 3.11. The van der Waals surface area contributed by atoms with Gasteiger partial charge in [-0.15, -0.1) is 0 Å². The molecule has 0 saturated heterocycles. The molecule has 0 spiro atoms. The maximum atomic E-state index is 12.2. The van der Waals surface area contributed by atoms with E-state index in [4.69, 9.17) is 14.2 Å². The van der Waals surface area contributed by atoms with Gasteiger partial charge in [-0.2, -0.15) is 0 Å². The fraction of sp³-hybridized carbons (Fsp3) is 0.200. The Balaban J connectivity index is 1.66. The second kappa shape index (κ2) is 8.27. The van der Waals surface area contributed by atoms with E-state index in [-0.39, 0.29) is 18.4 Å². The average molecular weight is 368 g/mol. The van der Waals surface area contributed by atoms with Crippen LogP contribution in [-0.4, -0.2) is 32.1 Å². The van der Waals surface area contributed by atoms with Gasteiger partial charge in [-0.3, -0.25) is 9.59 Å². The Hall–Kier alpha value is -3.48. The number of hydrogen-bond donors (Lipinski definition) is 2.